The van der Waals surface area contributed by atoms with Gasteiger partial charge in [0.1, 0.15) is 0 Å². The van der Waals surface area contributed by atoms with Crippen molar-refractivity contribution >= 4 is 11.6 Å². The monoisotopic (exact) mass is 300 g/mol. The summed E-state index contributed by atoms with van der Waals surface area (Å²) >= 11 is 5.86. The standard InChI is InChI=1S/C14H12ClF3N2/c15-9-3-1-2-8(6-9)7-12(20-19)10-4-5-11(16)14(18)13(10)17/h1-6,12,20H,7,19H2. The molecule has 0 spiro atoms. The second-order valence-electron chi connectivity index (χ2n) is 4.32. The van der Waals surface area contributed by atoms with E-state index in [1.54, 1.807) is 24.3 Å². The Labute approximate surface area is 119 Å². The highest BCUT2D eigenvalue weighted by Gasteiger charge is 2.20. The molecule has 0 saturated heterocycles. The maximum Gasteiger partial charge on any atom is 0.194 e. The highest BCUT2D eigenvalue weighted by atomic mass is 35.5. The number of benzene rings is 2. The number of nitrogens with one attached hydrogen (secondary N) is 1. The molecule has 0 aliphatic heterocycles. The van der Waals surface area contributed by atoms with Gasteiger partial charge in [-0.1, -0.05) is 29.8 Å². The van der Waals surface area contributed by atoms with Gasteiger partial charge in [-0.2, -0.15) is 0 Å². The van der Waals surface area contributed by atoms with Crippen molar-refractivity contribution in [1.82, 2.24) is 5.43 Å². The molecule has 0 bridgehead atoms. The Bertz CT molecular complexity index is 619. The first-order valence-corrected chi connectivity index (χ1v) is 6.24. The molecule has 2 aromatic rings. The van der Waals surface area contributed by atoms with Crippen molar-refractivity contribution in [2.75, 3.05) is 0 Å². The lowest BCUT2D eigenvalue weighted by Gasteiger charge is -2.17. The molecule has 0 aliphatic carbocycles. The fraction of sp³-hybridized carbons (Fsp3) is 0.143. The van der Waals surface area contributed by atoms with Crippen LogP contribution in [0.25, 0.3) is 0 Å². The zero-order valence-corrected chi connectivity index (χ0v) is 11.1. The van der Waals surface area contributed by atoms with Crippen molar-refractivity contribution in [3.8, 4) is 0 Å². The number of hydrogen-bond acceptors (Lipinski definition) is 2. The van der Waals surface area contributed by atoms with E-state index in [4.69, 9.17) is 17.4 Å². The Morgan fingerprint density at radius 3 is 2.50 bits per heavy atom. The van der Waals surface area contributed by atoms with Crippen LogP contribution in [-0.4, -0.2) is 0 Å². The number of nitrogens with two attached hydrogens (primary N) is 1. The van der Waals surface area contributed by atoms with Crippen LogP contribution in [-0.2, 0) is 6.42 Å². The van der Waals surface area contributed by atoms with E-state index in [-0.39, 0.29) is 5.56 Å². The summed E-state index contributed by atoms with van der Waals surface area (Å²) in [4.78, 5) is 0. The quantitative estimate of drug-likeness (QED) is 0.515. The lowest BCUT2D eigenvalue weighted by molar-refractivity contribution is 0.425. The average Bonchev–Trinajstić information content (AvgIpc) is 2.43. The smallest absolute Gasteiger partial charge is 0.194 e. The maximum atomic E-state index is 13.7. The summed E-state index contributed by atoms with van der Waals surface area (Å²) in [6.07, 6.45) is 0.291. The molecule has 6 heteroatoms. The average molecular weight is 301 g/mol. The molecule has 0 amide bonds. The van der Waals surface area contributed by atoms with Crippen molar-refractivity contribution < 1.29 is 13.2 Å². The molecule has 0 saturated carbocycles. The molecule has 2 aromatic carbocycles. The van der Waals surface area contributed by atoms with E-state index in [1.807, 2.05) is 0 Å². The molecule has 0 radical (unpaired) electrons. The predicted octanol–water partition coefficient (Wildman–Crippen LogP) is 3.50. The van der Waals surface area contributed by atoms with Gasteiger partial charge in [-0.15, -0.1) is 0 Å². The van der Waals surface area contributed by atoms with Crippen molar-refractivity contribution in [3.05, 3.63) is 70.0 Å². The van der Waals surface area contributed by atoms with E-state index < -0.39 is 23.5 Å². The predicted molar refractivity (Wildman–Crippen MR) is 71.5 cm³/mol. The molecule has 0 fully saturated rings. The molecular formula is C14H12ClF3N2. The number of halogens is 4. The van der Waals surface area contributed by atoms with Crippen LogP contribution >= 0.6 is 11.6 Å². The molecule has 2 nitrogen and oxygen atoms in total. The Morgan fingerprint density at radius 2 is 1.85 bits per heavy atom. The fourth-order valence-electron chi connectivity index (χ4n) is 1.97. The molecule has 0 heterocycles. The summed E-state index contributed by atoms with van der Waals surface area (Å²) in [7, 11) is 0. The van der Waals surface area contributed by atoms with E-state index in [0.29, 0.717) is 11.4 Å². The first-order valence-electron chi connectivity index (χ1n) is 5.87. The molecule has 1 atom stereocenters. The summed E-state index contributed by atoms with van der Waals surface area (Å²) in [5.74, 6) is 1.40. The van der Waals surface area contributed by atoms with Gasteiger partial charge in [-0.25, -0.2) is 13.2 Å². The second kappa shape index (κ2) is 6.26. The zero-order valence-electron chi connectivity index (χ0n) is 10.3. The molecule has 0 aromatic heterocycles. The van der Waals surface area contributed by atoms with Gasteiger partial charge < -0.3 is 0 Å². The minimum Gasteiger partial charge on any atom is -0.271 e. The Morgan fingerprint density at radius 1 is 1.10 bits per heavy atom. The molecule has 20 heavy (non-hydrogen) atoms. The van der Waals surface area contributed by atoms with E-state index in [2.05, 4.69) is 5.43 Å². The van der Waals surface area contributed by atoms with Crippen LogP contribution < -0.4 is 11.3 Å². The Balaban J connectivity index is 2.31. The summed E-state index contributed by atoms with van der Waals surface area (Å²) in [6.45, 7) is 0. The van der Waals surface area contributed by atoms with Crippen LogP contribution in [0.15, 0.2) is 36.4 Å². The van der Waals surface area contributed by atoms with E-state index in [1.165, 1.54) is 6.07 Å². The minimum atomic E-state index is -1.51. The number of hydrogen-bond donors (Lipinski definition) is 2. The minimum absolute atomic E-state index is 0.0358. The third-order valence-corrected chi connectivity index (χ3v) is 3.21. The molecule has 106 valence electrons. The zero-order chi connectivity index (χ0) is 14.7. The van der Waals surface area contributed by atoms with Crippen LogP contribution in [0.3, 0.4) is 0 Å². The van der Waals surface area contributed by atoms with Gasteiger partial charge >= 0.3 is 0 Å². The van der Waals surface area contributed by atoms with Gasteiger partial charge in [0.15, 0.2) is 17.5 Å². The molecular weight excluding hydrogens is 289 g/mol. The van der Waals surface area contributed by atoms with Crippen LogP contribution in [0.2, 0.25) is 5.02 Å². The van der Waals surface area contributed by atoms with Gasteiger partial charge in [0.05, 0.1) is 6.04 Å². The fourth-order valence-corrected chi connectivity index (χ4v) is 2.18. The van der Waals surface area contributed by atoms with E-state index >= 15 is 0 Å². The third kappa shape index (κ3) is 3.12. The largest absolute Gasteiger partial charge is 0.271 e. The maximum absolute atomic E-state index is 13.7. The van der Waals surface area contributed by atoms with Crippen LogP contribution in [0.1, 0.15) is 17.2 Å². The normalized spacial score (nSPS) is 12.4. The number of rotatable bonds is 4. The van der Waals surface area contributed by atoms with Gasteiger partial charge in [0.25, 0.3) is 0 Å². The summed E-state index contributed by atoms with van der Waals surface area (Å²) in [5, 5.41) is 0.532. The van der Waals surface area contributed by atoms with Gasteiger partial charge in [-0.3, -0.25) is 11.3 Å². The SMILES string of the molecule is NNC(Cc1cccc(Cl)c1)c1ccc(F)c(F)c1F. The molecule has 3 N–H and O–H groups in total. The van der Waals surface area contributed by atoms with Crippen LogP contribution in [0, 0.1) is 17.5 Å². The van der Waals surface area contributed by atoms with Gasteiger partial charge in [0.2, 0.25) is 0 Å². The summed E-state index contributed by atoms with van der Waals surface area (Å²) in [5.41, 5.74) is 3.16. The van der Waals surface area contributed by atoms with Crippen molar-refractivity contribution in [1.29, 1.82) is 0 Å². The van der Waals surface area contributed by atoms with Gasteiger partial charge in [-0.05, 0) is 30.2 Å². The summed E-state index contributed by atoms with van der Waals surface area (Å²) < 4.78 is 39.9. The highest BCUT2D eigenvalue weighted by Crippen LogP contribution is 2.24. The van der Waals surface area contributed by atoms with Crippen molar-refractivity contribution in [2.24, 2.45) is 5.84 Å². The Kier molecular flexibility index (Phi) is 4.65. The third-order valence-electron chi connectivity index (χ3n) is 2.97. The molecule has 1 unspecified atom stereocenters. The highest BCUT2D eigenvalue weighted by molar-refractivity contribution is 6.30. The first-order chi connectivity index (χ1) is 9.52. The molecule has 2 rings (SSSR count). The van der Waals surface area contributed by atoms with E-state index in [9.17, 15) is 13.2 Å². The van der Waals surface area contributed by atoms with Crippen molar-refractivity contribution in [3.63, 3.8) is 0 Å². The lowest BCUT2D eigenvalue weighted by atomic mass is 9.98. The van der Waals surface area contributed by atoms with Crippen LogP contribution in [0.4, 0.5) is 13.2 Å². The number of hydrazine groups is 1. The van der Waals surface area contributed by atoms with Gasteiger partial charge in [0, 0.05) is 10.6 Å². The van der Waals surface area contributed by atoms with E-state index in [0.717, 1.165) is 11.6 Å². The lowest BCUT2D eigenvalue weighted by Crippen LogP contribution is -2.30. The first kappa shape index (κ1) is 14.8. The summed E-state index contributed by atoms with van der Waals surface area (Å²) in [6, 6.07) is 8.28. The topological polar surface area (TPSA) is 38.0 Å². The van der Waals surface area contributed by atoms with Crippen LogP contribution in [0.5, 0.6) is 0 Å². The Hall–Kier alpha value is -1.56. The second-order valence-corrected chi connectivity index (χ2v) is 4.75. The van der Waals surface area contributed by atoms with Crippen molar-refractivity contribution in [2.45, 2.75) is 12.5 Å². The molecule has 0 aliphatic rings.